The predicted octanol–water partition coefficient (Wildman–Crippen LogP) is 8.34. The van der Waals surface area contributed by atoms with E-state index in [9.17, 15) is 0 Å². The molecule has 2 nitrogen and oxygen atoms in total. The highest BCUT2D eigenvalue weighted by molar-refractivity contribution is 5.82. The average Bonchev–Trinajstić information content (AvgIpc) is 2.83. The molecule has 1 aliphatic rings. The summed E-state index contributed by atoms with van der Waals surface area (Å²) in [5.74, 6) is 1.69. The van der Waals surface area contributed by atoms with Crippen molar-refractivity contribution in [3.8, 4) is 0 Å². The van der Waals surface area contributed by atoms with Crippen LogP contribution in [-0.4, -0.2) is 12.4 Å². The molecular weight excluding hydrogens is 376 g/mol. The van der Waals surface area contributed by atoms with E-state index >= 15 is 0 Å². The molecule has 2 aromatic carbocycles. The molecule has 31 heavy (non-hydrogen) atoms. The molecule has 166 valence electrons. The molecule has 0 N–H and O–H groups in total. The number of aryl methyl sites for hydroxylation is 1. The van der Waals surface area contributed by atoms with Crippen molar-refractivity contribution in [2.75, 3.05) is 0 Å². The van der Waals surface area contributed by atoms with Gasteiger partial charge in [-0.25, -0.2) is 0 Å². The largest absolute Gasteiger partial charge is 0.159 e. The van der Waals surface area contributed by atoms with E-state index in [-0.39, 0.29) is 0 Å². The number of nitrogens with zero attached hydrogens (tertiary/aromatic N) is 2. The summed E-state index contributed by atoms with van der Waals surface area (Å²) >= 11 is 0. The standard InChI is InChI=1S/C29H40N2/c1-3-5-6-7-8-9-25-10-12-26(13-11-25)22-30-31-23-27-16-20-29(21-17-27)28-18-14-24(4-2)15-19-28/h10-13,16-17,20-24,28H,3-9,14-15,18-19H2,1-2H3/b30-22+,31-23+. The first-order valence-corrected chi connectivity index (χ1v) is 12.5. The molecule has 0 aromatic heterocycles. The zero-order chi connectivity index (χ0) is 21.7. The van der Waals surface area contributed by atoms with E-state index in [0.717, 1.165) is 23.0 Å². The van der Waals surface area contributed by atoms with Crippen LogP contribution in [0.4, 0.5) is 0 Å². The molecule has 0 amide bonds. The van der Waals surface area contributed by atoms with Crippen molar-refractivity contribution in [3.05, 3.63) is 70.8 Å². The SMILES string of the molecule is CCCCCCCc1ccc(/C=N/N=C/c2ccc(C3CCC(CC)CC3)cc2)cc1. The van der Waals surface area contributed by atoms with Crippen molar-refractivity contribution in [1.29, 1.82) is 0 Å². The fraction of sp³-hybridized carbons (Fsp3) is 0.517. The van der Waals surface area contributed by atoms with E-state index in [0.29, 0.717) is 0 Å². The van der Waals surface area contributed by atoms with Crippen LogP contribution in [0.2, 0.25) is 0 Å². The first kappa shape index (κ1) is 23.4. The summed E-state index contributed by atoms with van der Waals surface area (Å²) in [6, 6.07) is 17.6. The van der Waals surface area contributed by atoms with Crippen molar-refractivity contribution >= 4 is 12.4 Å². The molecule has 2 aromatic rings. The monoisotopic (exact) mass is 416 g/mol. The van der Waals surface area contributed by atoms with E-state index in [2.05, 4.69) is 72.6 Å². The van der Waals surface area contributed by atoms with Crippen LogP contribution in [0.15, 0.2) is 58.7 Å². The molecule has 0 atom stereocenters. The zero-order valence-corrected chi connectivity index (χ0v) is 19.6. The van der Waals surface area contributed by atoms with E-state index in [1.807, 2.05) is 12.4 Å². The molecule has 1 aliphatic carbocycles. The number of rotatable bonds is 11. The Balaban J connectivity index is 1.42. The molecule has 0 radical (unpaired) electrons. The minimum Gasteiger partial charge on any atom is -0.159 e. The molecule has 1 saturated carbocycles. The molecule has 1 fully saturated rings. The maximum atomic E-state index is 4.25. The van der Waals surface area contributed by atoms with Gasteiger partial charge >= 0.3 is 0 Å². The third-order valence-electron chi connectivity index (χ3n) is 6.86. The van der Waals surface area contributed by atoms with E-state index in [1.54, 1.807) is 0 Å². The van der Waals surface area contributed by atoms with Crippen LogP contribution in [0, 0.1) is 5.92 Å². The Morgan fingerprint density at radius 1 is 0.710 bits per heavy atom. The average molecular weight is 417 g/mol. The third-order valence-corrected chi connectivity index (χ3v) is 6.86. The summed E-state index contributed by atoms with van der Waals surface area (Å²) in [4.78, 5) is 0. The first-order valence-electron chi connectivity index (χ1n) is 12.5. The summed E-state index contributed by atoms with van der Waals surface area (Å²) in [5.41, 5.74) is 5.12. The topological polar surface area (TPSA) is 24.7 Å². The fourth-order valence-corrected chi connectivity index (χ4v) is 4.66. The van der Waals surface area contributed by atoms with E-state index in [4.69, 9.17) is 0 Å². The molecule has 0 heterocycles. The van der Waals surface area contributed by atoms with Gasteiger partial charge in [-0.2, -0.15) is 10.2 Å². The minimum absolute atomic E-state index is 0.742. The predicted molar refractivity (Wildman–Crippen MR) is 136 cm³/mol. The molecule has 0 aliphatic heterocycles. The Morgan fingerprint density at radius 3 is 1.87 bits per heavy atom. The van der Waals surface area contributed by atoms with Crippen LogP contribution in [-0.2, 0) is 6.42 Å². The van der Waals surface area contributed by atoms with Gasteiger partial charge in [-0.05, 0) is 72.6 Å². The molecule has 3 rings (SSSR count). The Bertz CT molecular complexity index is 794. The summed E-state index contributed by atoms with van der Waals surface area (Å²) in [6.07, 6.45) is 18.3. The van der Waals surface area contributed by atoms with Gasteiger partial charge in [-0.15, -0.1) is 0 Å². The number of hydrogen-bond acceptors (Lipinski definition) is 2. The zero-order valence-electron chi connectivity index (χ0n) is 19.6. The lowest BCUT2D eigenvalue weighted by Crippen LogP contribution is -2.12. The van der Waals surface area contributed by atoms with E-state index in [1.165, 1.54) is 81.8 Å². The van der Waals surface area contributed by atoms with E-state index < -0.39 is 0 Å². The molecule has 2 heteroatoms. The summed E-state index contributed by atoms with van der Waals surface area (Å²) in [5, 5.41) is 8.48. The van der Waals surface area contributed by atoms with Crippen molar-refractivity contribution in [3.63, 3.8) is 0 Å². The lowest BCUT2D eigenvalue weighted by molar-refractivity contribution is 0.319. The smallest absolute Gasteiger partial charge is 0.0568 e. The maximum Gasteiger partial charge on any atom is 0.0568 e. The van der Waals surface area contributed by atoms with Crippen LogP contribution in [0.5, 0.6) is 0 Å². The van der Waals surface area contributed by atoms with Crippen LogP contribution in [0.1, 0.15) is 106 Å². The van der Waals surface area contributed by atoms with Gasteiger partial charge in [0.05, 0.1) is 12.4 Å². The van der Waals surface area contributed by atoms with Gasteiger partial charge in [0.2, 0.25) is 0 Å². The first-order chi connectivity index (χ1) is 15.3. The van der Waals surface area contributed by atoms with Crippen LogP contribution >= 0.6 is 0 Å². The third kappa shape index (κ3) is 8.09. The summed E-state index contributed by atoms with van der Waals surface area (Å²) in [6.45, 7) is 4.59. The molecule has 0 bridgehead atoms. The lowest BCUT2D eigenvalue weighted by atomic mass is 9.78. The van der Waals surface area contributed by atoms with Crippen LogP contribution in [0.25, 0.3) is 0 Å². The number of unbranched alkanes of at least 4 members (excludes halogenated alkanes) is 4. The summed E-state index contributed by atoms with van der Waals surface area (Å²) in [7, 11) is 0. The van der Waals surface area contributed by atoms with Crippen LogP contribution < -0.4 is 0 Å². The quantitative estimate of drug-likeness (QED) is 0.200. The van der Waals surface area contributed by atoms with Gasteiger partial charge in [-0.1, -0.05) is 94.5 Å². The maximum absolute atomic E-state index is 4.25. The Kier molecular flexibility index (Phi) is 10.0. The normalized spacial score (nSPS) is 19.4. The molecule has 0 unspecified atom stereocenters. The van der Waals surface area contributed by atoms with Gasteiger partial charge in [0.25, 0.3) is 0 Å². The van der Waals surface area contributed by atoms with Crippen molar-refractivity contribution < 1.29 is 0 Å². The second-order valence-corrected chi connectivity index (χ2v) is 9.19. The number of benzene rings is 2. The Morgan fingerprint density at radius 2 is 1.29 bits per heavy atom. The molecule has 0 saturated heterocycles. The van der Waals surface area contributed by atoms with Crippen molar-refractivity contribution in [2.24, 2.45) is 16.1 Å². The minimum atomic E-state index is 0.742. The fourth-order valence-electron chi connectivity index (χ4n) is 4.66. The van der Waals surface area contributed by atoms with Gasteiger partial charge in [0.15, 0.2) is 0 Å². The van der Waals surface area contributed by atoms with Gasteiger partial charge < -0.3 is 0 Å². The van der Waals surface area contributed by atoms with Gasteiger partial charge in [0.1, 0.15) is 0 Å². The highest BCUT2D eigenvalue weighted by Crippen LogP contribution is 2.36. The molecule has 0 spiro atoms. The molecular formula is C29H40N2. The van der Waals surface area contributed by atoms with Gasteiger partial charge in [0, 0.05) is 0 Å². The Hall–Kier alpha value is -2.22. The van der Waals surface area contributed by atoms with Crippen LogP contribution in [0.3, 0.4) is 0 Å². The van der Waals surface area contributed by atoms with Crippen molar-refractivity contribution in [1.82, 2.24) is 0 Å². The number of hydrogen-bond donors (Lipinski definition) is 0. The lowest BCUT2D eigenvalue weighted by Gasteiger charge is -2.28. The second-order valence-electron chi connectivity index (χ2n) is 9.19. The van der Waals surface area contributed by atoms with Crippen molar-refractivity contribution in [2.45, 2.75) is 90.4 Å². The highest BCUT2D eigenvalue weighted by atomic mass is 15.2. The Labute approximate surface area is 189 Å². The van der Waals surface area contributed by atoms with Gasteiger partial charge in [-0.3, -0.25) is 0 Å². The summed E-state index contributed by atoms with van der Waals surface area (Å²) < 4.78 is 0. The second kappa shape index (κ2) is 13.2. The highest BCUT2D eigenvalue weighted by Gasteiger charge is 2.20.